The largest absolute Gasteiger partial charge is 0.425 e. The number of rotatable bonds is 2. The van der Waals surface area contributed by atoms with Gasteiger partial charge in [0.15, 0.2) is 0 Å². The lowest BCUT2D eigenvalue weighted by atomic mass is 10.3. The third-order valence-corrected chi connectivity index (χ3v) is 4.10. The van der Waals surface area contributed by atoms with E-state index in [0.717, 1.165) is 22.7 Å². The van der Waals surface area contributed by atoms with Crippen molar-refractivity contribution in [1.82, 2.24) is 0 Å². The summed E-state index contributed by atoms with van der Waals surface area (Å²) in [6, 6.07) is 3.01. The molecule has 18 heavy (non-hydrogen) atoms. The van der Waals surface area contributed by atoms with E-state index in [4.69, 9.17) is 9.47 Å². The molecule has 0 unspecified atom stereocenters. The molecular weight excluding hydrogens is 276 g/mol. The molecule has 0 fully saturated rings. The van der Waals surface area contributed by atoms with Crippen molar-refractivity contribution in [2.24, 2.45) is 0 Å². The summed E-state index contributed by atoms with van der Waals surface area (Å²) in [6.07, 6.45) is 0. The molecule has 0 spiro atoms. The summed E-state index contributed by atoms with van der Waals surface area (Å²) in [5, 5.41) is 0. The summed E-state index contributed by atoms with van der Waals surface area (Å²) < 4.78 is 10.9. The molecule has 0 aliphatic rings. The number of ether oxygens (including phenoxy) is 2. The minimum atomic E-state index is -0.470. The molecule has 7 heteroatoms. The van der Waals surface area contributed by atoms with Crippen molar-refractivity contribution in [3.05, 3.63) is 21.0 Å². The number of carbonyl (C=O) groups is 2. The van der Waals surface area contributed by atoms with E-state index in [1.54, 1.807) is 0 Å². The molecule has 0 radical (unpaired) electrons. The summed E-state index contributed by atoms with van der Waals surface area (Å²) in [5.74, 6) is -0.335. The van der Waals surface area contributed by atoms with Crippen molar-refractivity contribution in [1.29, 1.82) is 0 Å². The van der Waals surface area contributed by atoms with Gasteiger partial charge in [-0.3, -0.25) is 14.4 Å². The Bertz CT molecular complexity index is 626. The van der Waals surface area contributed by atoms with Crippen LogP contribution in [0.2, 0.25) is 0 Å². The average Bonchev–Trinajstić information content (AvgIpc) is 2.63. The molecule has 0 saturated carbocycles. The van der Waals surface area contributed by atoms with Crippen LogP contribution in [0.3, 0.4) is 0 Å². The lowest BCUT2D eigenvalue weighted by Crippen LogP contribution is -2.03. The summed E-state index contributed by atoms with van der Waals surface area (Å²) >= 11 is 1.91. The SMILES string of the molecule is CC(=O)Oc1ccc(OC(C)=O)c2sc(=O)sc12. The zero-order chi connectivity index (χ0) is 13.3. The molecule has 0 bridgehead atoms. The maximum Gasteiger partial charge on any atom is 0.308 e. The van der Waals surface area contributed by atoms with Gasteiger partial charge in [-0.05, 0) is 12.1 Å². The predicted octanol–water partition coefficient (Wildman–Crippen LogP) is 2.17. The van der Waals surface area contributed by atoms with Crippen LogP contribution < -0.4 is 13.5 Å². The van der Waals surface area contributed by atoms with Crippen LogP contribution in [-0.2, 0) is 9.59 Å². The van der Waals surface area contributed by atoms with Gasteiger partial charge in [-0.2, -0.15) is 0 Å². The quantitative estimate of drug-likeness (QED) is 0.624. The molecule has 2 aromatic rings. The first kappa shape index (κ1) is 12.7. The summed E-state index contributed by atoms with van der Waals surface area (Å²) in [5.41, 5.74) is 0. The highest BCUT2D eigenvalue weighted by Gasteiger charge is 2.15. The van der Waals surface area contributed by atoms with Gasteiger partial charge in [0, 0.05) is 13.8 Å². The van der Waals surface area contributed by atoms with Crippen LogP contribution in [0.25, 0.3) is 9.40 Å². The maximum atomic E-state index is 11.4. The van der Waals surface area contributed by atoms with Gasteiger partial charge in [0.05, 0.1) is 9.40 Å². The standard InChI is InChI=1S/C11H8O5S2/c1-5(12)15-7-3-4-8(16-6(2)13)10-9(7)17-11(14)18-10/h3-4H,1-2H3. The molecule has 0 aliphatic carbocycles. The third-order valence-electron chi connectivity index (χ3n) is 1.92. The Morgan fingerprint density at radius 1 is 0.944 bits per heavy atom. The Kier molecular flexibility index (Phi) is 3.44. The fourth-order valence-corrected chi connectivity index (χ4v) is 3.43. The normalized spacial score (nSPS) is 10.3. The van der Waals surface area contributed by atoms with Crippen LogP contribution in [0.4, 0.5) is 0 Å². The number of benzene rings is 1. The van der Waals surface area contributed by atoms with Gasteiger partial charge in [-0.1, -0.05) is 22.7 Å². The van der Waals surface area contributed by atoms with Gasteiger partial charge in [-0.15, -0.1) is 0 Å². The van der Waals surface area contributed by atoms with Crippen LogP contribution in [0.15, 0.2) is 16.9 Å². The number of hydrogen-bond donors (Lipinski definition) is 0. The molecular formula is C11H8O5S2. The first-order chi connectivity index (χ1) is 8.47. The van der Waals surface area contributed by atoms with E-state index in [1.165, 1.54) is 26.0 Å². The van der Waals surface area contributed by atoms with Crippen LogP contribution in [0, 0.1) is 0 Å². The van der Waals surface area contributed by atoms with Gasteiger partial charge in [0.25, 0.3) is 4.06 Å². The van der Waals surface area contributed by atoms with Gasteiger partial charge in [-0.25, -0.2) is 0 Å². The third kappa shape index (κ3) is 2.57. The van der Waals surface area contributed by atoms with Crippen molar-refractivity contribution >= 4 is 44.0 Å². The fraction of sp³-hybridized carbons (Fsp3) is 0.182. The minimum Gasteiger partial charge on any atom is -0.425 e. The first-order valence-corrected chi connectivity index (χ1v) is 6.54. The van der Waals surface area contributed by atoms with E-state index < -0.39 is 11.9 Å². The second kappa shape index (κ2) is 4.87. The van der Waals surface area contributed by atoms with Crippen molar-refractivity contribution in [3.8, 4) is 11.5 Å². The highest BCUT2D eigenvalue weighted by Crippen LogP contribution is 2.37. The summed E-state index contributed by atoms with van der Waals surface area (Å²) in [7, 11) is 0. The number of carbonyl (C=O) groups excluding carboxylic acids is 2. The van der Waals surface area contributed by atoms with Crippen molar-refractivity contribution < 1.29 is 19.1 Å². The fourth-order valence-electron chi connectivity index (χ4n) is 1.38. The Morgan fingerprint density at radius 3 is 1.67 bits per heavy atom. The molecule has 1 heterocycles. The van der Waals surface area contributed by atoms with E-state index >= 15 is 0 Å². The van der Waals surface area contributed by atoms with Gasteiger partial charge >= 0.3 is 11.9 Å². The number of esters is 2. The second-order valence-corrected chi connectivity index (χ2v) is 5.59. The van der Waals surface area contributed by atoms with Crippen LogP contribution >= 0.6 is 22.7 Å². The average molecular weight is 284 g/mol. The molecule has 1 aromatic heterocycles. The van der Waals surface area contributed by atoms with E-state index in [9.17, 15) is 14.4 Å². The van der Waals surface area contributed by atoms with Gasteiger partial charge < -0.3 is 9.47 Å². The summed E-state index contributed by atoms with van der Waals surface area (Å²) in [6.45, 7) is 2.56. The Hall–Kier alpha value is -1.73. The Morgan fingerprint density at radius 2 is 1.33 bits per heavy atom. The summed E-state index contributed by atoms with van der Waals surface area (Å²) in [4.78, 5) is 33.3. The molecule has 0 saturated heterocycles. The van der Waals surface area contributed by atoms with Gasteiger partial charge in [0.2, 0.25) is 0 Å². The van der Waals surface area contributed by atoms with Crippen molar-refractivity contribution in [3.63, 3.8) is 0 Å². The lowest BCUT2D eigenvalue weighted by molar-refractivity contribution is -0.132. The monoisotopic (exact) mass is 284 g/mol. The Balaban J connectivity index is 2.61. The lowest BCUT2D eigenvalue weighted by Gasteiger charge is -2.05. The number of hydrogen-bond acceptors (Lipinski definition) is 7. The van der Waals surface area contributed by atoms with E-state index in [2.05, 4.69) is 0 Å². The van der Waals surface area contributed by atoms with Crippen LogP contribution in [0.1, 0.15) is 13.8 Å². The maximum absolute atomic E-state index is 11.4. The predicted molar refractivity (Wildman–Crippen MR) is 68.6 cm³/mol. The Labute approximate surface area is 110 Å². The molecule has 0 N–H and O–H groups in total. The molecule has 1 aromatic carbocycles. The van der Waals surface area contributed by atoms with Crippen molar-refractivity contribution in [2.75, 3.05) is 0 Å². The molecule has 2 rings (SSSR count). The zero-order valence-corrected chi connectivity index (χ0v) is 11.1. The second-order valence-electron chi connectivity index (χ2n) is 3.36. The van der Waals surface area contributed by atoms with E-state index in [0.29, 0.717) is 20.9 Å². The highest BCUT2D eigenvalue weighted by atomic mass is 32.2. The molecule has 94 valence electrons. The van der Waals surface area contributed by atoms with Crippen LogP contribution in [-0.4, -0.2) is 11.9 Å². The van der Waals surface area contributed by atoms with E-state index in [1.807, 2.05) is 0 Å². The molecule has 0 atom stereocenters. The highest BCUT2D eigenvalue weighted by molar-refractivity contribution is 7.36. The molecule has 0 amide bonds. The number of fused-ring (bicyclic) bond motifs is 1. The molecule has 0 aliphatic heterocycles. The smallest absolute Gasteiger partial charge is 0.308 e. The molecule has 5 nitrogen and oxygen atoms in total. The zero-order valence-electron chi connectivity index (χ0n) is 9.51. The van der Waals surface area contributed by atoms with Crippen molar-refractivity contribution in [2.45, 2.75) is 13.8 Å². The minimum absolute atomic E-state index is 0.155. The topological polar surface area (TPSA) is 69.7 Å². The van der Waals surface area contributed by atoms with Crippen LogP contribution in [0.5, 0.6) is 11.5 Å². The van der Waals surface area contributed by atoms with E-state index in [-0.39, 0.29) is 4.06 Å². The van der Waals surface area contributed by atoms with Gasteiger partial charge in [0.1, 0.15) is 11.5 Å². The first-order valence-electron chi connectivity index (χ1n) is 4.91.